The molecule has 0 fully saturated rings. The van der Waals surface area contributed by atoms with Crippen LogP contribution in [-0.4, -0.2) is 15.7 Å². The number of nitrogens with zero attached hydrogens (tertiary/aromatic N) is 2. The van der Waals surface area contributed by atoms with Crippen molar-refractivity contribution in [2.24, 2.45) is 0 Å². The molecule has 1 aromatic heterocycles. The van der Waals surface area contributed by atoms with Crippen molar-refractivity contribution in [2.45, 2.75) is 20.4 Å². The fourth-order valence-corrected chi connectivity index (χ4v) is 1.17. The molecule has 0 amide bonds. The molecule has 0 aliphatic carbocycles. The number of aryl methyl sites for hydroxylation is 2. The highest BCUT2D eigenvalue weighted by molar-refractivity contribution is 6.19. The summed E-state index contributed by atoms with van der Waals surface area (Å²) in [6.07, 6.45) is 0. The number of hydrogen-bond acceptors (Lipinski definition) is 1. The van der Waals surface area contributed by atoms with E-state index in [2.05, 4.69) is 11.7 Å². The quantitative estimate of drug-likeness (QED) is 0.521. The van der Waals surface area contributed by atoms with Crippen LogP contribution in [0, 0.1) is 13.8 Å². The molecule has 3 heteroatoms. The Balaban J connectivity index is 2.75. The Kier molecular flexibility index (Phi) is 2.93. The zero-order chi connectivity index (χ0) is 9.14. The van der Waals surface area contributed by atoms with E-state index in [-0.39, 0.29) is 0 Å². The molecule has 0 saturated carbocycles. The van der Waals surface area contributed by atoms with Crippen LogP contribution in [0.4, 0.5) is 0 Å². The Bertz CT molecular complexity index is 289. The molecule has 0 radical (unpaired) electrons. The van der Waals surface area contributed by atoms with Crippen LogP contribution in [0.2, 0.25) is 0 Å². The fraction of sp³-hybridized carbons (Fsp3) is 0.444. The molecule has 0 N–H and O–H groups in total. The summed E-state index contributed by atoms with van der Waals surface area (Å²) in [5, 5.41) is 4.30. The Morgan fingerprint density at radius 2 is 2.33 bits per heavy atom. The molecule has 12 heavy (non-hydrogen) atoms. The standard InChI is InChI=1S/C9H13ClN2/c1-7(5-10)6-12-9(3)4-8(2)11-12/h4H,1,5-6H2,2-3H3. The van der Waals surface area contributed by atoms with Crippen molar-refractivity contribution in [3.63, 3.8) is 0 Å². The molecule has 0 saturated heterocycles. The lowest BCUT2D eigenvalue weighted by molar-refractivity contribution is 0.653. The summed E-state index contributed by atoms with van der Waals surface area (Å²) in [6.45, 7) is 8.56. The van der Waals surface area contributed by atoms with E-state index in [0.717, 1.165) is 23.5 Å². The van der Waals surface area contributed by atoms with E-state index < -0.39 is 0 Å². The van der Waals surface area contributed by atoms with Gasteiger partial charge in [-0.1, -0.05) is 6.58 Å². The first-order valence-corrected chi connectivity index (χ1v) is 4.40. The fourth-order valence-electron chi connectivity index (χ4n) is 1.09. The van der Waals surface area contributed by atoms with Gasteiger partial charge in [-0.05, 0) is 25.5 Å². The molecule has 0 unspecified atom stereocenters. The Labute approximate surface area is 77.8 Å². The van der Waals surface area contributed by atoms with Gasteiger partial charge in [0.05, 0.1) is 12.2 Å². The first-order chi connectivity index (χ1) is 5.63. The molecule has 0 aromatic carbocycles. The van der Waals surface area contributed by atoms with Gasteiger partial charge in [0.2, 0.25) is 0 Å². The van der Waals surface area contributed by atoms with Crippen LogP contribution in [0.5, 0.6) is 0 Å². The average Bonchev–Trinajstić information content (AvgIpc) is 2.30. The zero-order valence-electron chi connectivity index (χ0n) is 7.47. The first-order valence-electron chi connectivity index (χ1n) is 3.87. The molecule has 1 aromatic rings. The molecule has 0 spiro atoms. The van der Waals surface area contributed by atoms with E-state index in [1.54, 1.807) is 0 Å². The van der Waals surface area contributed by atoms with Gasteiger partial charge >= 0.3 is 0 Å². The average molecular weight is 185 g/mol. The van der Waals surface area contributed by atoms with Crippen molar-refractivity contribution in [3.05, 3.63) is 29.6 Å². The highest BCUT2D eigenvalue weighted by Crippen LogP contribution is 2.05. The number of halogens is 1. The Morgan fingerprint density at radius 3 is 2.75 bits per heavy atom. The minimum absolute atomic E-state index is 0.498. The smallest absolute Gasteiger partial charge is 0.0631 e. The van der Waals surface area contributed by atoms with E-state index in [1.807, 2.05) is 24.6 Å². The summed E-state index contributed by atoms with van der Waals surface area (Å²) in [6, 6.07) is 2.04. The predicted molar refractivity (Wildman–Crippen MR) is 51.6 cm³/mol. The molecule has 1 rings (SSSR count). The Hall–Kier alpha value is -0.760. The topological polar surface area (TPSA) is 17.8 Å². The van der Waals surface area contributed by atoms with Crippen molar-refractivity contribution in [1.29, 1.82) is 0 Å². The first kappa shape index (κ1) is 9.33. The number of aromatic nitrogens is 2. The molecule has 1 heterocycles. The van der Waals surface area contributed by atoms with E-state index in [0.29, 0.717) is 5.88 Å². The highest BCUT2D eigenvalue weighted by Gasteiger charge is 2.01. The minimum Gasteiger partial charge on any atom is -0.265 e. The maximum absolute atomic E-state index is 5.62. The van der Waals surface area contributed by atoms with Gasteiger partial charge in [-0.15, -0.1) is 11.6 Å². The predicted octanol–water partition coefficient (Wildman–Crippen LogP) is 2.29. The van der Waals surface area contributed by atoms with Gasteiger partial charge in [0.25, 0.3) is 0 Å². The SMILES string of the molecule is C=C(CCl)Cn1nc(C)cc1C. The summed E-state index contributed by atoms with van der Waals surface area (Å²) < 4.78 is 1.92. The molecule has 0 aliphatic heterocycles. The van der Waals surface area contributed by atoms with Crippen LogP contribution in [0.3, 0.4) is 0 Å². The summed E-state index contributed by atoms with van der Waals surface area (Å²) in [5.41, 5.74) is 3.18. The maximum atomic E-state index is 5.62. The minimum atomic E-state index is 0.498. The van der Waals surface area contributed by atoms with Gasteiger partial charge in [-0.2, -0.15) is 5.10 Å². The largest absolute Gasteiger partial charge is 0.265 e. The zero-order valence-corrected chi connectivity index (χ0v) is 8.23. The van der Waals surface area contributed by atoms with Crippen LogP contribution in [-0.2, 0) is 6.54 Å². The summed E-state index contributed by atoms with van der Waals surface area (Å²) in [4.78, 5) is 0. The number of hydrogen-bond donors (Lipinski definition) is 0. The van der Waals surface area contributed by atoms with Crippen molar-refractivity contribution in [2.75, 3.05) is 5.88 Å². The normalized spacial score (nSPS) is 10.2. The second kappa shape index (κ2) is 3.76. The lowest BCUT2D eigenvalue weighted by Crippen LogP contribution is -2.05. The van der Waals surface area contributed by atoms with Crippen LogP contribution in [0.25, 0.3) is 0 Å². The molecular weight excluding hydrogens is 172 g/mol. The lowest BCUT2D eigenvalue weighted by atomic mass is 10.3. The molecule has 0 aliphatic rings. The lowest BCUT2D eigenvalue weighted by Gasteiger charge is -2.03. The van der Waals surface area contributed by atoms with Crippen molar-refractivity contribution in [3.8, 4) is 0 Å². The van der Waals surface area contributed by atoms with Gasteiger partial charge in [-0.3, -0.25) is 4.68 Å². The summed E-state index contributed by atoms with van der Waals surface area (Å²) in [7, 11) is 0. The monoisotopic (exact) mass is 184 g/mol. The van der Waals surface area contributed by atoms with E-state index in [4.69, 9.17) is 11.6 Å². The van der Waals surface area contributed by atoms with Crippen molar-refractivity contribution in [1.82, 2.24) is 9.78 Å². The molecule has 66 valence electrons. The third-order valence-electron chi connectivity index (χ3n) is 1.67. The van der Waals surface area contributed by atoms with E-state index in [9.17, 15) is 0 Å². The third kappa shape index (κ3) is 2.11. The van der Waals surface area contributed by atoms with Crippen molar-refractivity contribution >= 4 is 11.6 Å². The van der Waals surface area contributed by atoms with Crippen LogP contribution in [0.15, 0.2) is 18.2 Å². The third-order valence-corrected chi connectivity index (χ3v) is 2.04. The van der Waals surface area contributed by atoms with Gasteiger partial charge < -0.3 is 0 Å². The van der Waals surface area contributed by atoms with Crippen LogP contribution < -0.4 is 0 Å². The van der Waals surface area contributed by atoms with Gasteiger partial charge in [-0.25, -0.2) is 0 Å². The van der Waals surface area contributed by atoms with Crippen LogP contribution >= 0.6 is 11.6 Å². The van der Waals surface area contributed by atoms with Crippen molar-refractivity contribution < 1.29 is 0 Å². The van der Waals surface area contributed by atoms with E-state index >= 15 is 0 Å². The molecule has 0 bridgehead atoms. The molecular formula is C9H13ClN2. The number of alkyl halides is 1. The summed E-state index contributed by atoms with van der Waals surface area (Å²) in [5.74, 6) is 0.498. The second-order valence-corrected chi connectivity index (χ2v) is 3.24. The Morgan fingerprint density at radius 1 is 1.67 bits per heavy atom. The van der Waals surface area contributed by atoms with Gasteiger partial charge in [0.15, 0.2) is 0 Å². The highest BCUT2D eigenvalue weighted by atomic mass is 35.5. The molecule has 2 nitrogen and oxygen atoms in total. The molecule has 0 atom stereocenters. The van der Waals surface area contributed by atoms with Gasteiger partial charge in [0.1, 0.15) is 0 Å². The second-order valence-electron chi connectivity index (χ2n) is 2.97. The van der Waals surface area contributed by atoms with E-state index in [1.165, 1.54) is 0 Å². The van der Waals surface area contributed by atoms with Crippen LogP contribution in [0.1, 0.15) is 11.4 Å². The number of allylic oxidation sites excluding steroid dienone is 1. The number of rotatable bonds is 3. The maximum Gasteiger partial charge on any atom is 0.0631 e. The van der Waals surface area contributed by atoms with Gasteiger partial charge in [0, 0.05) is 11.6 Å². The summed E-state index contributed by atoms with van der Waals surface area (Å²) >= 11 is 5.62.